The molecule has 0 aromatic heterocycles. The summed E-state index contributed by atoms with van der Waals surface area (Å²) in [5, 5.41) is 0. The molecule has 2 fully saturated rings. The summed E-state index contributed by atoms with van der Waals surface area (Å²) in [5.74, 6) is 0.700. The fourth-order valence-corrected chi connectivity index (χ4v) is 6.35. The van der Waals surface area contributed by atoms with Gasteiger partial charge in [-0.3, -0.25) is 9.69 Å². The largest absolute Gasteiger partial charge is 0.446 e. The van der Waals surface area contributed by atoms with Crippen LogP contribution in [0.5, 0.6) is 0 Å². The van der Waals surface area contributed by atoms with Crippen LogP contribution in [0, 0.1) is 11.3 Å². The van der Waals surface area contributed by atoms with Crippen molar-refractivity contribution in [2.45, 2.75) is 69.4 Å². The van der Waals surface area contributed by atoms with Gasteiger partial charge >= 0.3 is 5.51 Å². The first-order valence-electron chi connectivity index (χ1n) is 14.3. The van der Waals surface area contributed by atoms with Crippen molar-refractivity contribution in [1.82, 2.24) is 14.7 Å². The fraction of sp³-hybridized carbons (Fsp3) is 0.562. The van der Waals surface area contributed by atoms with Gasteiger partial charge in [0.25, 0.3) is 0 Å². The lowest BCUT2D eigenvalue weighted by atomic mass is 9.82. The molecule has 0 radical (unpaired) electrons. The Morgan fingerprint density at radius 3 is 2.05 bits per heavy atom. The highest BCUT2D eigenvalue weighted by Gasteiger charge is 2.40. The van der Waals surface area contributed by atoms with Crippen molar-refractivity contribution >= 4 is 24.0 Å². The first-order valence-corrected chi connectivity index (χ1v) is 15.2. The van der Waals surface area contributed by atoms with Crippen LogP contribution < -0.4 is 0 Å². The van der Waals surface area contributed by atoms with E-state index in [1.165, 1.54) is 6.92 Å². The molecule has 2 aliphatic heterocycles. The van der Waals surface area contributed by atoms with Gasteiger partial charge in [-0.1, -0.05) is 63.2 Å². The maximum Gasteiger partial charge on any atom is 0.446 e. The smallest absolute Gasteiger partial charge is 0.337 e. The minimum atomic E-state index is -4.31. The van der Waals surface area contributed by atoms with Crippen LogP contribution in [0.15, 0.2) is 59.5 Å². The van der Waals surface area contributed by atoms with Gasteiger partial charge in [0.15, 0.2) is 0 Å². The fourth-order valence-electron chi connectivity index (χ4n) is 5.81. The van der Waals surface area contributed by atoms with Crippen molar-refractivity contribution in [2.75, 3.05) is 39.8 Å². The number of rotatable bonds is 6. The third kappa shape index (κ3) is 9.86. The Kier molecular flexibility index (Phi) is 11.9. The summed E-state index contributed by atoms with van der Waals surface area (Å²) in [5.41, 5.74) is -2.37. The number of carbonyl (C=O) groups excluding carboxylic acids is 2. The molecule has 0 aliphatic carbocycles. The van der Waals surface area contributed by atoms with Gasteiger partial charge in [0.1, 0.15) is 6.29 Å². The van der Waals surface area contributed by atoms with Crippen LogP contribution in [-0.4, -0.2) is 78.2 Å². The molecule has 2 atom stereocenters. The van der Waals surface area contributed by atoms with Crippen LogP contribution in [-0.2, 0) is 9.59 Å². The van der Waals surface area contributed by atoms with Crippen LogP contribution >= 0.6 is 11.8 Å². The highest BCUT2D eigenvalue weighted by Crippen LogP contribution is 2.39. The second-order valence-corrected chi connectivity index (χ2v) is 13.2. The number of halogens is 3. The zero-order valence-corrected chi connectivity index (χ0v) is 25.7. The van der Waals surface area contributed by atoms with E-state index in [-0.39, 0.29) is 40.1 Å². The molecule has 2 heterocycles. The molecule has 2 saturated heterocycles. The van der Waals surface area contributed by atoms with Gasteiger partial charge in [0.2, 0.25) is 5.91 Å². The van der Waals surface area contributed by atoms with Crippen molar-refractivity contribution in [3.05, 3.63) is 65.7 Å². The van der Waals surface area contributed by atoms with Gasteiger partial charge < -0.3 is 14.6 Å². The Bertz CT molecular complexity index is 1100. The number of hydrogen-bond acceptors (Lipinski definition) is 5. The molecule has 41 heavy (non-hydrogen) atoms. The number of amides is 1. The van der Waals surface area contributed by atoms with Crippen LogP contribution in [0.1, 0.15) is 64.1 Å². The highest BCUT2D eigenvalue weighted by atomic mass is 32.2. The van der Waals surface area contributed by atoms with Crippen LogP contribution in [0.25, 0.3) is 0 Å². The minimum absolute atomic E-state index is 0.0429. The van der Waals surface area contributed by atoms with Crippen molar-refractivity contribution in [3.8, 4) is 0 Å². The third-order valence-corrected chi connectivity index (χ3v) is 8.68. The van der Waals surface area contributed by atoms with Gasteiger partial charge in [-0.2, -0.15) is 13.2 Å². The lowest BCUT2D eigenvalue weighted by Gasteiger charge is -2.50. The molecule has 2 unspecified atom stereocenters. The Morgan fingerprint density at radius 2 is 1.51 bits per heavy atom. The third-order valence-electron chi connectivity index (χ3n) is 7.94. The summed E-state index contributed by atoms with van der Waals surface area (Å²) >= 11 is -0.0864. The quantitative estimate of drug-likeness (QED) is 0.271. The number of likely N-dealkylation sites (tertiary alicyclic amines) is 1. The van der Waals surface area contributed by atoms with E-state index in [1.807, 2.05) is 30.3 Å². The lowest BCUT2D eigenvalue weighted by Crippen LogP contribution is -2.60. The van der Waals surface area contributed by atoms with Crippen molar-refractivity contribution in [3.63, 3.8) is 0 Å². The van der Waals surface area contributed by atoms with Crippen molar-refractivity contribution in [2.24, 2.45) is 11.3 Å². The first kappa shape index (κ1) is 33.1. The molecule has 0 saturated carbocycles. The summed E-state index contributed by atoms with van der Waals surface area (Å²) in [6, 6.07) is 16.8. The van der Waals surface area contributed by atoms with Gasteiger partial charge in [0.05, 0.1) is 6.04 Å². The summed E-state index contributed by atoms with van der Waals surface area (Å²) in [7, 11) is 2.14. The molecule has 0 spiro atoms. The Balaban J connectivity index is 0.00000147. The van der Waals surface area contributed by atoms with E-state index in [2.05, 4.69) is 54.7 Å². The predicted octanol–water partition coefficient (Wildman–Crippen LogP) is 6.88. The zero-order valence-electron chi connectivity index (χ0n) is 24.9. The Morgan fingerprint density at radius 1 is 0.951 bits per heavy atom. The summed E-state index contributed by atoms with van der Waals surface area (Å²) in [6.45, 7) is 12.2. The van der Waals surface area contributed by atoms with E-state index in [9.17, 15) is 18.0 Å². The number of aldehydes is 1. The van der Waals surface area contributed by atoms with E-state index in [0.29, 0.717) is 32.0 Å². The maximum atomic E-state index is 13.6. The number of benzene rings is 2. The Hall–Kier alpha value is -2.36. The molecule has 5 nitrogen and oxygen atoms in total. The number of hydrogen-bond donors (Lipinski definition) is 0. The van der Waals surface area contributed by atoms with E-state index >= 15 is 0 Å². The van der Waals surface area contributed by atoms with E-state index in [1.54, 1.807) is 12.1 Å². The van der Waals surface area contributed by atoms with Gasteiger partial charge in [0, 0.05) is 37.0 Å². The normalized spacial score (nSPS) is 20.2. The van der Waals surface area contributed by atoms with Gasteiger partial charge in [-0.15, -0.1) is 0 Å². The summed E-state index contributed by atoms with van der Waals surface area (Å²) in [6.07, 6.45) is 3.50. The topological polar surface area (TPSA) is 43.9 Å². The number of nitrogens with zero attached hydrogens (tertiary/aromatic N) is 3. The van der Waals surface area contributed by atoms with Crippen molar-refractivity contribution < 1.29 is 22.8 Å². The SMILES string of the molecule is CC=O.CN1CCC(CC(=O)N2CCN(C(c3ccccc3)c3ccc(SC(F)(F)F)cc3)CC2C(C)(C)C)CC1. The standard InChI is InChI=1S/C30H40F3N3OS.C2H4O/c1-29(2,3)26-21-35(18-19-36(26)27(37)20-22-14-16-34(4)17-15-22)28(23-8-6-5-7-9-23)24-10-12-25(13-11-24)38-30(31,32)33;1-2-3/h5-13,22,26,28H,14-21H2,1-4H3;2H,1H3. The van der Waals surface area contributed by atoms with E-state index in [0.717, 1.165) is 43.3 Å². The molecule has 0 N–H and O–H groups in total. The Labute approximate surface area is 247 Å². The number of carbonyl (C=O) groups is 2. The molecule has 2 aliphatic rings. The molecule has 9 heteroatoms. The molecular formula is C32H44F3N3O2S. The van der Waals surface area contributed by atoms with Crippen LogP contribution in [0.3, 0.4) is 0 Å². The second-order valence-electron chi connectivity index (χ2n) is 12.1. The second kappa shape index (κ2) is 14.7. The number of alkyl halides is 3. The maximum absolute atomic E-state index is 13.6. The summed E-state index contributed by atoms with van der Waals surface area (Å²) in [4.78, 5) is 29.4. The molecule has 1 amide bonds. The van der Waals surface area contributed by atoms with Crippen LogP contribution in [0.4, 0.5) is 13.2 Å². The number of piperazine rings is 1. The molecule has 4 rings (SSSR count). The zero-order chi connectivity index (χ0) is 30.2. The number of thioether (sulfide) groups is 1. The van der Waals surface area contributed by atoms with Gasteiger partial charge in [-0.25, -0.2) is 0 Å². The van der Waals surface area contributed by atoms with E-state index in [4.69, 9.17) is 4.79 Å². The summed E-state index contributed by atoms with van der Waals surface area (Å²) < 4.78 is 38.7. The number of piperidine rings is 1. The van der Waals surface area contributed by atoms with Gasteiger partial charge in [-0.05, 0) is 86.3 Å². The molecule has 0 bridgehead atoms. The first-order chi connectivity index (χ1) is 19.3. The average molecular weight is 592 g/mol. The highest BCUT2D eigenvalue weighted by molar-refractivity contribution is 8.00. The van der Waals surface area contributed by atoms with E-state index < -0.39 is 5.51 Å². The monoisotopic (exact) mass is 591 g/mol. The average Bonchev–Trinajstić information content (AvgIpc) is 2.91. The predicted molar refractivity (Wildman–Crippen MR) is 160 cm³/mol. The molecule has 2 aromatic carbocycles. The molecular weight excluding hydrogens is 547 g/mol. The molecule has 226 valence electrons. The lowest BCUT2D eigenvalue weighted by molar-refractivity contribution is -0.141. The minimum Gasteiger partial charge on any atom is -0.337 e. The molecule has 2 aromatic rings. The van der Waals surface area contributed by atoms with Crippen molar-refractivity contribution in [1.29, 1.82) is 0 Å². The van der Waals surface area contributed by atoms with Crippen LogP contribution in [0.2, 0.25) is 0 Å².